The highest BCUT2D eigenvalue weighted by Gasteiger charge is 2.56. The van der Waals surface area contributed by atoms with Crippen LogP contribution in [0.4, 0.5) is 22.0 Å². The molecule has 0 rings (SSSR count). The van der Waals surface area contributed by atoms with Gasteiger partial charge >= 0.3 is 12.1 Å². The van der Waals surface area contributed by atoms with Crippen LogP contribution in [0.15, 0.2) is 0 Å². The summed E-state index contributed by atoms with van der Waals surface area (Å²) in [6.07, 6.45) is -5.55. The third kappa shape index (κ3) is 5.95. The Labute approximate surface area is 86.9 Å². The first-order chi connectivity index (χ1) is 6.46. The molecule has 0 fully saturated rings. The lowest BCUT2D eigenvalue weighted by molar-refractivity contribution is -0.284. The zero-order valence-corrected chi connectivity index (χ0v) is 9.22. The fourth-order valence-corrected chi connectivity index (χ4v) is 1.14. The molecule has 0 aliphatic rings. The molecule has 0 aromatic rings. The number of hydrogen-bond donors (Lipinski definition) is 0. The van der Waals surface area contributed by atoms with Crippen LogP contribution in [-0.4, -0.2) is 12.1 Å². The highest BCUT2D eigenvalue weighted by Crippen LogP contribution is 2.39. The van der Waals surface area contributed by atoms with Crippen molar-refractivity contribution < 1.29 is 22.0 Å². The maximum Gasteiger partial charge on any atom is 0.453 e. The van der Waals surface area contributed by atoms with Gasteiger partial charge in [-0.25, -0.2) is 0 Å². The lowest BCUT2D eigenvalue weighted by Crippen LogP contribution is -2.36. The molecule has 15 heavy (non-hydrogen) atoms. The molecule has 0 N–H and O–H groups in total. The fraction of sp³-hybridized carbons (Fsp3) is 1.00. The van der Waals surface area contributed by atoms with Crippen LogP contribution < -0.4 is 0 Å². The molecule has 0 aliphatic heterocycles. The van der Waals surface area contributed by atoms with Crippen LogP contribution in [0, 0.1) is 5.41 Å². The Bertz CT molecular complexity index is 187. The van der Waals surface area contributed by atoms with Gasteiger partial charge in [-0.15, -0.1) is 0 Å². The summed E-state index contributed by atoms with van der Waals surface area (Å²) in [5.41, 5.74) is -0.0203. The molecule has 0 nitrogen and oxygen atoms in total. The number of alkyl halides is 5. The molecule has 0 unspecified atom stereocenters. The van der Waals surface area contributed by atoms with Crippen LogP contribution >= 0.6 is 0 Å². The minimum atomic E-state index is -5.41. The highest BCUT2D eigenvalue weighted by molar-refractivity contribution is 4.75. The van der Waals surface area contributed by atoms with E-state index in [9.17, 15) is 22.0 Å². The molecule has 0 radical (unpaired) electrons. The van der Waals surface area contributed by atoms with Gasteiger partial charge in [-0.2, -0.15) is 22.0 Å². The Morgan fingerprint density at radius 3 is 1.47 bits per heavy atom. The summed E-state index contributed by atoms with van der Waals surface area (Å²) < 4.78 is 60.1. The summed E-state index contributed by atoms with van der Waals surface area (Å²) in [4.78, 5) is 0. The monoisotopic (exact) mass is 232 g/mol. The first kappa shape index (κ1) is 14.6. The first-order valence-electron chi connectivity index (χ1n) is 4.90. The number of rotatable bonds is 4. The van der Waals surface area contributed by atoms with Gasteiger partial charge in [0.15, 0.2) is 0 Å². The number of hydrogen-bond acceptors (Lipinski definition) is 0. The second kappa shape index (κ2) is 4.66. The van der Waals surface area contributed by atoms with E-state index in [4.69, 9.17) is 0 Å². The van der Waals surface area contributed by atoms with E-state index in [1.54, 1.807) is 0 Å². The van der Waals surface area contributed by atoms with Crippen LogP contribution in [0.3, 0.4) is 0 Å². The van der Waals surface area contributed by atoms with Crippen LogP contribution in [0.25, 0.3) is 0 Å². The lowest BCUT2D eigenvalue weighted by Gasteiger charge is -2.21. The minimum Gasteiger partial charge on any atom is -0.196 e. The summed E-state index contributed by atoms with van der Waals surface area (Å²) in [6.45, 7) is 5.78. The zero-order valence-electron chi connectivity index (χ0n) is 9.22. The topological polar surface area (TPSA) is 0 Å². The Balaban J connectivity index is 3.87. The van der Waals surface area contributed by atoms with Gasteiger partial charge in [-0.05, 0) is 18.3 Å². The molecule has 0 aromatic heterocycles. The molecular formula is C10H17F5. The normalized spacial score (nSPS) is 14.4. The van der Waals surface area contributed by atoms with E-state index in [1.165, 1.54) is 0 Å². The largest absolute Gasteiger partial charge is 0.453 e. The van der Waals surface area contributed by atoms with Crippen LogP contribution in [0.5, 0.6) is 0 Å². The molecular weight excluding hydrogens is 215 g/mol. The lowest BCUT2D eigenvalue weighted by atomic mass is 9.89. The third-order valence-electron chi connectivity index (χ3n) is 2.08. The van der Waals surface area contributed by atoms with Crippen LogP contribution in [0.2, 0.25) is 0 Å². The van der Waals surface area contributed by atoms with Gasteiger partial charge in [0.25, 0.3) is 0 Å². The van der Waals surface area contributed by atoms with E-state index in [0.717, 1.165) is 0 Å². The van der Waals surface area contributed by atoms with Crippen molar-refractivity contribution in [2.45, 2.75) is 58.6 Å². The van der Waals surface area contributed by atoms with Crippen molar-refractivity contribution in [1.29, 1.82) is 0 Å². The molecule has 0 aliphatic carbocycles. The Hall–Kier alpha value is -0.350. The molecule has 0 aromatic carbocycles. The first-order valence-corrected chi connectivity index (χ1v) is 4.90. The zero-order chi connectivity index (χ0) is 12.3. The molecule has 0 saturated carbocycles. The predicted molar refractivity (Wildman–Crippen MR) is 48.9 cm³/mol. The Kier molecular flexibility index (Phi) is 4.55. The van der Waals surface area contributed by atoms with Crippen molar-refractivity contribution in [2.24, 2.45) is 5.41 Å². The summed E-state index contributed by atoms with van der Waals surface area (Å²) in [6, 6.07) is 0. The molecule has 0 saturated heterocycles. The van der Waals surface area contributed by atoms with Crippen molar-refractivity contribution in [1.82, 2.24) is 0 Å². The molecule has 0 amide bonds. The molecule has 0 atom stereocenters. The molecule has 0 spiro atoms. The predicted octanol–water partition coefficient (Wildman–Crippen LogP) is 4.79. The maximum absolute atomic E-state index is 12.4. The smallest absolute Gasteiger partial charge is 0.196 e. The third-order valence-corrected chi connectivity index (χ3v) is 2.08. The number of halogens is 5. The van der Waals surface area contributed by atoms with Gasteiger partial charge in [0, 0.05) is 6.42 Å². The van der Waals surface area contributed by atoms with E-state index in [2.05, 4.69) is 0 Å². The molecule has 92 valence electrons. The SMILES string of the molecule is CC(C)(C)CCCCC(F)(F)C(F)(F)F. The van der Waals surface area contributed by atoms with E-state index >= 15 is 0 Å². The standard InChI is InChI=1S/C10H17F5/c1-8(2,3)6-4-5-7-9(11,12)10(13,14)15/h4-7H2,1-3H3. The van der Waals surface area contributed by atoms with Gasteiger partial charge < -0.3 is 0 Å². The van der Waals surface area contributed by atoms with Crippen LogP contribution in [0.1, 0.15) is 46.5 Å². The highest BCUT2D eigenvalue weighted by atomic mass is 19.4. The minimum absolute atomic E-state index is 0.0203. The fourth-order valence-electron chi connectivity index (χ4n) is 1.14. The summed E-state index contributed by atoms with van der Waals surface area (Å²) in [7, 11) is 0. The number of unbranched alkanes of at least 4 members (excludes halogenated alkanes) is 1. The molecule has 5 heteroatoms. The quantitative estimate of drug-likeness (QED) is 0.483. The second-order valence-electron chi connectivity index (χ2n) is 4.97. The van der Waals surface area contributed by atoms with Crippen molar-refractivity contribution in [3.63, 3.8) is 0 Å². The van der Waals surface area contributed by atoms with Gasteiger partial charge in [-0.3, -0.25) is 0 Å². The van der Waals surface area contributed by atoms with Gasteiger partial charge in [0.2, 0.25) is 0 Å². The van der Waals surface area contributed by atoms with E-state index in [-0.39, 0.29) is 11.8 Å². The second-order valence-corrected chi connectivity index (χ2v) is 4.97. The summed E-state index contributed by atoms with van der Waals surface area (Å²) in [5.74, 6) is -4.54. The molecule has 0 bridgehead atoms. The van der Waals surface area contributed by atoms with E-state index in [0.29, 0.717) is 12.8 Å². The average molecular weight is 232 g/mol. The van der Waals surface area contributed by atoms with Crippen molar-refractivity contribution >= 4 is 0 Å². The maximum atomic E-state index is 12.4. The van der Waals surface area contributed by atoms with Gasteiger partial charge in [-0.1, -0.05) is 27.2 Å². The average Bonchev–Trinajstić information content (AvgIpc) is 1.94. The van der Waals surface area contributed by atoms with Crippen molar-refractivity contribution in [2.75, 3.05) is 0 Å². The van der Waals surface area contributed by atoms with Gasteiger partial charge in [0.05, 0.1) is 0 Å². The van der Waals surface area contributed by atoms with Crippen molar-refractivity contribution in [3.8, 4) is 0 Å². The summed E-state index contributed by atoms with van der Waals surface area (Å²) in [5, 5.41) is 0. The molecule has 0 heterocycles. The van der Waals surface area contributed by atoms with Gasteiger partial charge in [0.1, 0.15) is 0 Å². The Morgan fingerprint density at radius 2 is 1.13 bits per heavy atom. The van der Waals surface area contributed by atoms with Crippen LogP contribution in [-0.2, 0) is 0 Å². The Morgan fingerprint density at radius 1 is 0.733 bits per heavy atom. The van der Waals surface area contributed by atoms with E-state index < -0.39 is 18.5 Å². The van der Waals surface area contributed by atoms with E-state index in [1.807, 2.05) is 20.8 Å². The van der Waals surface area contributed by atoms with Crippen molar-refractivity contribution in [3.05, 3.63) is 0 Å². The summed E-state index contributed by atoms with van der Waals surface area (Å²) >= 11 is 0.